The minimum absolute atomic E-state index is 0.212. The third-order valence-electron chi connectivity index (χ3n) is 2.94. The molecule has 0 N–H and O–H groups in total. The van der Waals surface area contributed by atoms with E-state index in [1.807, 2.05) is 13.0 Å². The number of ether oxygens (including phenoxy) is 1. The number of anilines is 1. The molecule has 0 radical (unpaired) electrons. The van der Waals surface area contributed by atoms with Crippen LogP contribution in [-0.2, 0) is 4.74 Å². The summed E-state index contributed by atoms with van der Waals surface area (Å²) in [4.78, 5) is 6.62. The Hall–Kier alpha value is -1.60. The first-order valence-corrected chi connectivity index (χ1v) is 5.95. The van der Waals surface area contributed by atoms with Gasteiger partial charge in [-0.25, -0.2) is 4.98 Å². The molecule has 0 aliphatic carbocycles. The van der Waals surface area contributed by atoms with Gasteiger partial charge in [0.1, 0.15) is 17.6 Å². The molecule has 1 saturated heterocycles. The molecule has 1 aliphatic rings. The average molecular weight is 231 g/mol. The van der Waals surface area contributed by atoms with Crippen LogP contribution in [-0.4, -0.2) is 30.8 Å². The van der Waals surface area contributed by atoms with Crippen LogP contribution >= 0.6 is 0 Å². The van der Waals surface area contributed by atoms with Crippen molar-refractivity contribution in [3.8, 4) is 6.07 Å². The van der Waals surface area contributed by atoms with Crippen LogP contribution in [0.2, 0.25) is 0 Å². The molecule has 0 spiro atoms. The second-order valence-corrected chi connectivity index (χ2v) is 4.43. The van der Waals surface area contributed by atoms with Crippen molar-refractivity contribution >= 4 is 5.82 Å². The van der Waals surface area contributed by atoms with Crippen LogP contribution < -0.4 is 4.90 Å². The second-order valence-electron chi connectivity index (χ2n) is 4.43. The molecule has 1 aromatic rings. The van der Waals surface area contributed by atoms with E-state index < -0.39 is 0 Å². The SMILES string of the molecule is Cc1ccc(C#N)nc1N1CCCO[C@H](C)C1. The largest absolute Gasteiger partial charge is 0.377 e. The number of pyridine rings is 1. The van der Waals surface area contributed by atoms with E-state index in [-0.39, 0.29) is 6.10 Å². The van der Waals surface area contributed by atoms with Gasteiger partial charge in [0.05, 0.1) is 6.10 Å². The highest BCUT2D eigenvalue weighted by molar-refractivity contribution is 5.48. The molecule has 2 heterocycles. The summed E-state index contributed by atoms with van der Waals surface area (Å²) in [6, 6.07) is 5.81. The Labute approximate surface area is 102 Å². The number of nitrogens with zero attached hydrogens (tertiary/aromatic N) is 3. The molecule has 1 aromatic heterocycles. The zero-order chi connectivity index (χ0) is 12.3. The lowest BCUT2D eigenvalue weighted by Crippen LogP contribution is -2.31. The maximum absolute atomic E-state index is 8.90. The van der Waals surface area contributed by atoms with Gasteiger partial charge in [0.2, 0.25) is 0 Å². The minimum Gasteiger partial charge on any atom is -0.377 e. The summed E-state index contributed by atoms with van der Waals surface area (Å²) in [6.07, 6.45) is 1.21. The molecular formula is C13H17N3O. The van der Waals surface area contributed by atoms with E-state index in [0.717, 1.165) is 37.5 Å². The van der Waals surface area contributed by atoms with E-state index in [4.69, 9.17) is 10.00 Å². The highest BCUT2D eigenvalue weighted by atomic mass is 16.5. The molecule has 4 heteroatoms. The Morgan fingerprint density at radius 1 is 1.53 bits per heavy atom. The Balaban J connectivity index is 2.28. The van der Waals surface area contributed by atoms with Crippen molar-refractivity contribution in [3.63, 3.8) is 0 Å². The summed E-state index contributed by atoms with van der Waals surface area (Å²) < 4.78 is 5.62. The Kier molecular flexibility index (Phi) is 3.60. The van der Waals surface area contributed by atoms with Gasteiger partial charge in [-0.05, 0) is 31.9 Å². The number of nitriles is 1. The summed E-state index contributed by atoms with van der Waals surface area (Å²) in [7, 11) is 0. The van der Waals surface area contributed by atoms with E-state index in [0.29, 0.717) is 5.69 Å². The van der Waals surface area contributed by atoms with Crippen molar-refractivity contribution in [2.75, 3.05) is 24.6 Å². The molecule has 0 aromatic carbocycles. The van der Waals surface area contributed by atoms with Crippen molar-refractivity contribution in [2.24, 2.45) is 0 Å². The second kappa shape index (κ2) is 5.15. The summed E-state index contributed by atoms with van der Waals surface area (Å²) in [5, 5.41) is 8.90. The van der Waals surface area contributed by atoms with Gasteiger partial charge in [0.25, 0.3) is 0 Å². The maximum atomic E-state index is 8.90. The van der Waals surface area contributed by atoms with Crippen molar-refractivity contribution in [3.05, 3.63) is 23.4 Å². The molecule has 90 valence electrons. The van der Waals surface area contributed by atoms with Crippen LogP contribution in [0.25, 0.3) is 0 Å². The third kappa shape index (κ3) is 2.75. The van der Waals surface area contributed by atoms with Gasteiger partial charge in [0, 0.05) is 19.7 Å². The summed E-state index contributed by atoms with van der Waals surface area (Å²) in [5.41, 5.74) is 1.58. The van der Waals surface area contributed by atoms with Crippen LogP contribution in [0.5, 0.6) is 0 Å². The normalized spacial score (nSPS) is 20.8. The maximum Gasteiger partial charge on any atom is 0.142 e. The molecule has 1 fully saturated rings. The van der Waals surface area contributed by atoms with E-state index in [1.165, 1.54) is 0 Å². The molecular weight excluding hydrogens is 214 g/mol. The topological polar surface area (TPSA) is 49.2 Å². The first kappa shape index (κ1) is 11.9. The molecule has 0 unspecified atom stereocenters. The van der Waals surface area contributed by atoms with E-state index >= 15 is 0 Å². The van der Waals surface area contributed by atoms with Crippen LogP contribution in [0, 0.1) is 18.3 Å². The summed E-state index contributed by atoms with van der Waals surface area (Å²) in [5.74, 6) is 0.918. The van der Waals surface area contributed by atoms with Gasteiger partial charge in [-0.1, -0.05) is 6.07 Å². The Bertz CT molecular complexity index is 439. The zero-order valence-electron chi connectivity index (χ0n) is 10.3. The quantitative estimate of drug-likeness (QED) is 0.740. The highest BCUT2D eigenvalue weighted by Crippen LogP contribution is 2.20. The van der Waals surface area contributed by atoms with Crippen molar-refractivity contribution in [1.29, 1.82) is 5.26 Å². The van der Waals surface area contributed by atoms with Gasteiger partial charge < -0.3 is 9.64 Å². The molecule has 2 rings (SSSR count). The van der Waals surface area contributed by atoms with Crippen LogP contribution in [0.3, 0.4) is 0 Å². The number of hydrogen-bond donors (Lipinski definition) is 0. The van der Waals surface area contributed by atoms with Crippen molar-refractivity contribution in [2.45, 2.75) is 26.4 Å². The van der Waals surface area contributed by atoms with Gasteiger partial charge in [-0.2, -0.15) is 5.26 Å². The summed E-state index contributed by atoms with van der Waals surface area (Å²) >= 11 is 0. The number of rotatable bonds is 1. The molecule has 0 amide bonds. The zero-order valence-corrected chi connectivity index (χ0v) is 10.3. The molecule has 17 heavy (non-hydrogen) atoms. The monoisotopic (exact) mass is 231 g/mol. The Morgan fingerprint density at radius 3 is 3.12 bits per heavy atom. The summed E-state index contributed by atoms with van der Waals surface area (Å²) in [6.45, 7) is 6.67. The van der Waals surface area contributed by atoms with Gasteiger partial charge in [0.15, 0.2) is 0 Å². The molecule has 4 nitrogen and oxygen atoms in total. The molecule has 0 bridgehead atoms. The third-order valence-corrected chi connectivity index (χ3v) is 2.94. The van der Waals surface area contributed by atoms with Gasteiger partial charge in [-0.15, -0.1) is 0 Å². The molecule has 1 aliphatic heterocycles. The van der Waals surface area contributed by atoms with E-state index in [1.54, 1.807) is 6.07 Å². The van der Waals surface area contributed by atoms with Gasteiger partial charge >= 0.3 is 0 Å². The lowest BCUT2D eigenvalue weighted by Gasteiger charge is -2.24. The fraction of sp³-hybridized carbons (Fsp3) is 0.538. The lowest BCUT2D eigenvalue weighted by atomic mass is 10.2. The lowest BCUT2D eigenvalue weighted by molar-refractivity contribution is 0.0820. The Morgan fingerprint density at radius 2 is 2.35 bits per heavy atom. The molecule has 0 saturated carbocycles. The van der Waals surface area contributed by atoms with Crippen molar-refractivity contribution < 1.29 is 4.74 Å². The van der Waals surface area contributed by atoms with Crippen molar-refractivity contribution in [1.82, 2.24) is 4.98 Å². The van der Waals surface area contributed by atoms with Crippen LogP contribution in [0.15, 0.2) is 12.1 Å². The smallest absolute Gasteiger partial charge is 0.142 e. The van der Waals surface area contributed by atoms with Crippen LogP contribution in [0.1, 0.15) is 24.6 Å². The van der Waals surface area contributed by atoms with E-state index in [2.05, 4.69) is 22.9 Å². The predicted octanol–water partition coefficient (Wildman–Crippen LogP) is 1.88. The standard InChI is InChI=1S/C13H17N3O/c1-10-4-5-12(8-14)15-13(10)16-6-3-7-17-11(2)9-16/h4-5,11H,3,6-7,9H2,1-2H3/t11-/m1/s1. The fourth-order valence-electron chi connectivity index (χ4n) is 2.09. The van der Waals surface area contributed by atoms with Crippen LogP contribution in [0.4, 0.5) is 5.82 Å². The first-order valence-electron chi connectivity index (χ1n) is 5.95. The minimum atomic E-state index is 0.212. The number of hydrogen-bond acceptors (Lipinski definition) is 4. The number of aromatic nitrogens is 1. The predicted molar refractivity (Wildman–Crippen MR) is 65.9 cm³/mol. The number of aryl methyl sites for hydroxylation is 1. The fourth-order valence-corrected chi connectivity index (χ4v) is 2.09. The average Bonchev–Trinajstić information content (AvgIpc) is 2.54. The first-order chi connectivity index (χ1) is 8.20. The highest BCUT2D eigenvalue weighted by Gasteiger charge is 2.18. The van der Waals surface area contributed by atoms with E-state index in [9.17, 15) is 0 Å². The van der Waals surface area contributed by atoms with Gasteiger partial charge in [-0.3, -0.25) is 0 Å². The molecule has 1 atom stereocenters.